The Morgan fingerprint density at radius 2 is 0.644 bits per heavy atom. The highest BCUT2D eigenvalue weighted by molar-refractivity contribution is 5.69. The summed E-state index contributed by atoms with van der Waals surface area (Å²) in [6, 6.07) is 0. The number of carbonyl (C=O) groups is 3. The topological polar surface area (TPSA) is 97.4 Å². The Bertz CT molecular complexity index is 1150. The summed E-state index contributed by atoms with van der Waals surface area (Å²) in [6.45, 7) is 7.60. The number of unbranched alkanes of at least 4 members (excludes halogenated alkanes) is 37. The molecule has 9 heteroatoms. The van der Waals surface area contributed by atoms with E-state index in [0.717, 1.165) is 122 Å². The molecule has 0 heterocycles. The Balaban J connectivity index is 4.34. The first kappa shape index (κ1) is 71.1. The maximum atomic E-state index is 13.0. The van der Waals surface area contributed by atoms with E-state index in [2.05, 4.69) is 43.1 Å². The molecular weight excluding hydrogens is 907 g/mol. The van der Waals surface area contributed by atoms with Crippen molar-refractivity contribution in [3.05, 3.63) is 0 Å². The maximum Gasteiger partial charge on any atom is 0.407 e. The lowest BCUT2D eigenvalue weighted by Gasteiger charge is -2.20. The Morgan fingerprint density at radius 3 is 1.04 bits per heavy atom. The molecule has 0 radical (unpaired) electrons. The number of alkyl carbamates (subject to hydrolysis) is 1. The molecule has 0 spiro atoms. The molecule has 0 rings (SSSR count). The molecule has 2 atom stereocenters. The normalized spacial score (nSPS) is 12.4. The van der Waals surface area contributed by atoms with Gasteiger partial charge in [0.2, 0.25) is 0 Å². The third-order valence-corrected chi connectivity index (χ3v) is 15.0. The van der Waals surface area contributed by atoms with Crippen LogP contribution in [0.15, 0.2) is 0 Å². The molecule has 0 saturated heterocycles. The number of nitrogens with one attached hydrogen (secondary N) is 1. The van der Waals surface area contributed by atoms with Crippen LogP contribution in [0.5, 0.6) is 0 Å². The van der Waals surface area contributed by atoms with E-state index in [1.807, 2.05) is 14.1 Å². The smallest absolute Gasteiger partial charge is 0.407 e. The molecule has 2 unspecified atom stereocenters. The van der Waals surface area contributed by atoms with Gasteiger partial charge in [0.1, 0.15) is 12.2 Å². The second-order valence-electron chi connectivity index (χ2n) is 23.0. The molecule has 0 aliphatic rings. The number of amides is 1. The fraction of sp³-hybridized carbons (Fsp3) is 0.953. The number of rotatable bonds is 59. The van der Waals surface area contributed by atoms with Crippen LogP contribution in [0.25, 0.3) is 0 Å². The second kappa shape index (κ2) is 57.8. The number of ether oxygens (including phenoxy) is 3. The molecule has 0 saturated carbocycles. The highest BCUT2D eigenvalue weighted by Crippen LogP contribution is 2.21. The minimum atomic E-state index is -0.317. The molecule has 0 aromatic carbocycles. The minimum absolute atomic E-state index is 0.0267. The van der Waals surface area contributed by atoms with Gasteiger partial charge >= 0.3 is 18.0 Å². The van der Waals surface area contributed by atoms with Crippen molar-refractivity contribution in [3.8, 4) is 0 Å². The molecule has 9 nitrogen and oxygen atoms in total. The lowest BCUT2D eigenvalue weighted by atomic mass is 10.0. The van der Waals surface area contributed by atoms with Crippen molar-refractivity contribution >= 4 is 18.0 Å². The summed E-state index contributed by atoms with van der Waals surface area (Å²) >= 11 is 0. The van der Waals surface area contributed by atoms with Gasteiger partial charge in [-0.3, -0.25) is 9.59 Å². The largest absolute Gasteiger partial charge is 0.466 e. The van der Waals surface area contributed by atoms with Crippen LogP contribution in [-0.4, -0.2) is 94.5 Å². The molecule has 73 heavy (non-hydrogen) atoms. The van der Waals surface area contributed by atoms with Crippen molar-refractivity contribution in [2.45, 2.75) is 341 Å². The van der Waals surface area contributed by atoms with Crippen LogP contribution in [0.1, 0.15) is 328 Å². The Morgan fingerprint density at radius 1 is 0.342 bits per heavy atom. The van der Waals surface area contributed by atoms with E-state index >= 15 is 0 Å². The molecule has 1 amide bonds. The van der Waals surface area contributed by atoms with E-state index < -0.39 is 0 Å². The lowest BCUT2D eigenvalue weighted by molar-refractivity contribution is -0.150. The first-order chi connectivity index (χ1) is 35.7. The zero-order chi connectivity index (χ0) is 53.3. The van der Waals surface area contributed by atoms with Crippen LogP contribution in [0.3, 0.4) is 0 Å². The van der Waals surface area contributed by atoms with E-state index in [1.165, 1.54) is 193 Å². The molecule has 1 N–H and O–H groups in total. The summed E-state index contributed by atoms with van der Waals surface area (Å²) in [6.07, 6.45) is 58.3. The average molecular weight is 1030 g/mol. The van der Waals surface area contributed by atoms with Gasteiger partial charge in [-0.1, -0.05) is 239 Å². The first-order valence-electron chi connectivity index (χ1n) is 32.3. The predicted molar refractivity (Wildman–Crippen MR) is 314 cm³/mol. The number of hydrogen-bond acceptors (Lipinski definition) is 8. The zero-order valence-corrected chi connectivity index (χ0v) is 50.0. The molecule has 0 aromatic heterocycles. The number of carbonyl (C=O) groups excluding carboxylic acids is 3. The summed E-state index contributed by atoms with van der Waals surface area (Å²) in [7, 11) is 8.28. The maximum absolute atomic E-state index is 13.0. The van der Waals surface area contributed by atoms with Crippen LogP contribution >= 0.6 is 0 Å². The Labute approximate surface area is 455 Å². The fourth-order valence-corrected chi connectivity index (χ4v) is 10.2. The quantitative estimate of drug-likeness (QED) is 0.0366. The predicted octanol–water partition coefficient (Wildman–Crippen LogP) is 18.8. The summed E-state index contributed by atoms with van der Waals surface area (Å²) in [5.41, 5.74) is 0. The van der Waals surface area contributed by atoms with Crippen molar-refractivity contribution in [2.24, 2.45) is 0 Å². The van der Waals surface area contributed by atoms with Crippen molar-refractivity contribution < 1.29 is 28.6 Å². The van der Waals surface area contributed by atoms with E-state index in [-0.39, 0.29) is 30.2 Å². The van der Waals surface area contributed by atoms with Gasteiger partial charge in [-0.2, -0.15) is 0 Å². The van der Waals surface area contributed by atoms with Gasteiger partial charge in [-0.15, -0.1) is 0 Å². The lowest BCUT2D eigenvalue weighted by Crippen LogP contribution is -2.31. The van der Waals surface area contributed by atoms with Gasteiger partial charge in [0.25, 0.3) is 0 Å². The SMILES string of the molecule is CCCCCCCCCCCCCCCCCCCC(=O)OCCCCCCC(CCCCCC(CCCN(C)C)OC(=O)CCCCCCCCCCCCCCCCCCC)OC(=O)NCCCN(C)C. The zero-order valence-electron chi connectivity index (χ0n) is 50.0. The average Bonchev–Trinajstić information content (AvgIpc) is 3.36. The molecule has 0 bridgehead atoms. The Hall–Kier alpha value is -1.87. The van der Waals surface area contributed by atoms with Crippen molar-refractivity contribution in [3.63, 3.8) is 0 Å². The van der Waals surface area contributed by atoms with Gasteiger partial charge in [0.05, 0.1) is 6.61 Å². The molecule has 0 aliphatic heterocycles. The minimum Gasteiger partial charge on any atom is -0.466 e. The van der Waals surface area contributed by atoms with Crippen LogP contribution in [0.4, 0.5) is 4.79 Å². The first-order valence-corrected chi connectivity index (χ1v) is 32.3. The van der Waals surface area contributed by atoms with Gasteiger partial charge in [0, 0.05) is 19.4 Å². The fourth-order valence-electron chi connectivity index (χ4n) is 10.2. The highest BCUT2D eigenvalue weighted by Gasteiger charge is 2.17. The monoisotopic (exact) mass is 1030 g/mol. The van der Waals surface area contributed by atoms with E-state index in [0.29, 0.717) is 26.0 Å². The van der Waals surface area contributed by atoms with Crippen LogP contribution in [-0.2, 0) is 23.8 Å². The van der Waals surface area contributed by atoms with E-state index in [4.69, 9.17) is 14.2 Å². The standard InChI is InChI=1S/C64H127N3O6/c1-7-9-11-13-15-17-19-21-23-25-27-29-31-33-35-37-45-54-62(68)71-59-47-40-39-42-51-61(73-64(70)65-56-49-58-67(5)6)52-44-41-43-50-60(53-48-57-66(3)4)72-63(69)55-46-38-36-34-32-30-28-26-24-22-20-18-16-14-12-10-8-2/h60-61H,7-59H2,1-6H3,(H,65,70). The van der Waals surface area contributed by atoms with Crippen molar-refractivity contribution in [1.82, 2.24) is 15.1 Å². The van der Waals surface area contributed by atoms with Gasteiger partial charge in [0.15, 0.2) is 0 Å². The highest BCUT2D eigenvalue weighted by atomic mass is 16.6. The molecule has 0 fully saturated rings. The number of nitrogens with zero attached hydrogens (tertiary/aromatic N) is 2. The number of esters is 2. The third-order valence-electron chi connectivity index (χ3n) is 15.0. The van der Waals surface area contributed by atoms with Crippen LogP contribution in [0.2, 0.25) is 0 Å². The van der Waals surface area contributed by atoms with Crippen molar-refractivity contribution in [2.75, 3.05) is 54.4 Å². The molecule has 0 aliphatic carbocycles. The molecule has 0 aromatic rings. The van der Waals surface area contributed by atoms with Gasteiger partial charge < -0.3 is 29.3 Å². The molecular formula is C64H127N3O6. The summed E-state index contributed by atoms with van der Waals surface area (Å²) in [5, 5.41) is 2.96. The van der Waals surface area contributed by atoms with Crippen LogP contribution < -0.4 is 5.32 Å². The van der Waals surface area contributed by atoms with E-state index in [9.17, 15) is 14.4 Å². The van der Waals surface area contributed by atoms with Gasteiger partial charge in [-0.05, 0) is 118 Å². The van der Waals surface area contributed by atoms with Crippen LogP contribution in [0, 0.1) is 0 Å². The third kappa shape index (κ3) is 57.7. The van der Waals surface area contributed by atoms with E-state index in [1.54, 1.807) is 0 Å². The second-order valence-corrected chi connectivity index (χ2v) is 23.0. The Kier molecular flexibility index (Phi) is 56.3. The number of hydrogen-bond donors (Lipinski definition) is 1. The summed E-state index contributed by atoms with van der Waals surface area (Å²) in [5.74, 6) is -0.0791. The summed E-state index contributed by atoms with van der Waals surface area (Å²) < 4.78 is 17.7. The van der Waals surface area contributed by atoms with Gasteiger partial charge in [-0.25, -0.2) is 4.79 Å². The van der Waals surface area contributed by atoms with Crippen molar-refractivity contribution in [1.29, 1.82) is 0 Å². The molecule has 434 valence electrons. The summed E-state index contributed by atoms with van der Waals surface area (Å²) in [4.78, 5) is 42.4.